The van der Waals surface area contributed by atoms with Crippen molar-refractivity contribution in [2.24, 2.45) is 73.5 Å². The topological polar surface area (TPSA) is 156 Å². The Morgan fingerprint density at radius 3 is 2.41 bits per heavy atom. The zero-order chi connectivity index (χ0) is 41.0. The Bertz CT molecular complexity index is 1900. The van der Waals surface area contributed by atoms with Gasteiger partial charge >= 0.3 is 5.97 Å². The van der Waals surface area contributed by atoms with Gasteiger partial charge in [-0.25, -0.2) is 9.67 Å². The van der Waals surface area contributed by atoms with Gasteiger partial charge in [0.15, 0.2) is 5.82 Å². The first kappa shape index (κ1) is 41.1. The number of fused-ring (bicyclic) bond motifs is 3. The van der Waals surface area contributed by atoms with Crippen molar-refractivity contribution in [1.82, 2.24) is 14.8 Å². The molecule has 2 bridgehead atoms. The standard InChI is InChI=1S/C46H69N5O5/c1-27(2)28(3)41(7)19-20-43(9)31-15-16-34-42(8)23-55-25-46(34,32(31)17-18-44(43,10)35(41)39(53)54)22-33(36(42)56-24-45(11,48)40(4,5)6)51-38(49-26-50-51)30-14-12-13-29(21-30)37(47)52/h12-14,17,21,26-28,31,33-36H,15-16,18-20,22-25,48H2,1-11H3,(H2,47,52)(H,53,54)/t28-,31+,33-,34+,35-,36+,41-,42-,43-,44+,45+,46+/m1/s1. The molecule has 1 aliphatic heterocycles. The van der Waals surface area contributed by atoms with Crippen molar-refractivity contribution in [3.8, 4) is 11.4 Å². The molecule has 12 atom stereocenters. The molecule has 5 aliphatic rings. The Hall–Kier alpha value is -3.08. The summed E-state index contributed by atoms with van der Waals surface area (Å²) in [7, 11) is 0. The lowest BCUT2D eigenvalue weighted by Crippen LogP contribution is -2.69. The number of allylic oxidation sites excluding steroid dienone is 1. The van der Waals surface area contributed by atoms with E-state index in [9.17, 15) is 14.7 Å². The summed E-state index contributed by atoms with van der Waals surface area (Å²) in [5, 5.41) is 16.1. The van der Waals surface area contributed by atoms with Gasteiger partial charge in [-0.1, -0.05) is 93.0 Å². The highest BCUT2D eigenvalue weighted by molar-refractivity contribution is 5.93. The van der Waals surface area contributed by atoms with Crippen LogP contribution in [-0.2, 0) is 14.3 Å². The molecule has 1 saturated heterocycles. The smallest absolute Gasteiger partial charge is 0.307 e. The number of nitrogens with zero attached hydrogens (tertiary/aromatic N) is 3. The average molecular weight is 772 g/mol. The van der Waals surface area contributed by atoms with Gasteiger partial charge in [-0.2, -0.15) is 5.10 Å². The summed E-state index contributed by atoms with van der Waals surface area (Å²) >= 11 is 0. The first-order valence-electron chi connectivity index (χ1n) is 21.2. The number of hydrogen-bond donors (Lipinski definition) is 3. The monoisotopic (exact) mass is 772 g/mol. The normalized spacial score (nSPS) is 39.7. The zero-order valence-corrected chi connectivity index (χ0v) is 35.9. The number of carbonyl (C=O) groups excluding carboxylic acids is 1. The molecule has 308 valence electrons. The Balaban J connectivity index is 1.36. The lowest BCUT2D eigenvalue weighted by molar-refractivity contribution is -0.253. The van der Waals surface area contributed by atoms with E-state index in [4.69, 9.17) is 31.0 Å². The molecule has 10 heteroatoms. The van der Waals surface area contributed by atoms with E-state index in [1.165, 1.54) is 5.57 Å². The van der Waals surface area contributed by atoms with Gasteiger partial charge in [0.1, 0.15) is 6.33 Å². The van der Waals surface area contributed by atoms with E-state index in [-0.39, 0.29) is 57.0 Å². The maximum atomic E-state index is 13.6. The van der Waals surface area contributed by atoms with Crippen LogP contribution in [0.1, 0.15) is 131 Å². The lowest BCUT2D eigenvalue weighted by atomic mass is 9.34. The van der Waals surface area contributed by atoms with Gasteiger partial charge in [-0.15, -0.1) is 0 Å². The second-order valence-electron chi connectivity index (χ2n) is 21.5. The van der Waals surface area contributed by atoms with Crippen molar-refractivity contribution in [3.63, 3.8) is 0 Å². The summed E-state index contributed by atoms with van der Waals surface area (Å²) in [5.74, 6) is 0.262. The number of nitrogens with two attached hydrogens (primary N) is 2. The van der Waals surface area contributed by atoms with E-state index in [0.29, 0.717) is 37.1 Å². The SMILES string of the molecule is CC(C)[C@@H](C)[C@@]1(C)CC[C@]2(C)[C@H]3CC[C@@H]4[C@@]5(COC[C@@]4(C)[C@@H](OC[C@](C)(N)C(C)(C)C)[C@H](n4ncnc4-c4cccc(C(N)=O)c4)C5)C3=CC[C@@]2(C)[C@@H]1C(=O)O. The highest BCUT2D eigenvalue weighted by Gasteiger charge is 2.72. The first-order chi connectivity index (χ1) is 26.0. The van der Waals surface area contributed by atoms with E-state index in [1.807, 2.05) is 16.8 Å². The van der Waals surface area contributed by atoms with Crippen molar-refractivity contribution in [1.29, 1.82) is 0 Å². The van der Waals surface area contributed by atoms with Crippen LogP contribution in [0.15, 0.2) is 42.2 Å². The zero-order valence-electron chi connectivity index (χ0n) is 35.9. The first-order valence-corrected chi connectivity index (χ1v) is 21.2. The number of primary amides is 1. The van der Waals surface area contributed by atoms with E-state index < -0.39 is 28.7 Å². The number of carboxylic acid groups (broad SMARTS) is 1. The minimum atomic E-state index is -0.648. The Kier molecular flexibility index (Phi) is 9.89. The summed E-state index contributed by atoms with van der Waals surface area (Å²) in [6, 6.07) is 7.08. The maximum absolute atomic E-state index is 13.6. The fraction of sp³-hybridized carbons (Fsp3) is 0.739. The molecule has 1 aromatic carbocycles. The van der Waals surface area contributed by atoms with Crippen LogP contribution in [-0.4, -0.2) is 63.2 Å². The molecule has 7 rings (SSSR count). The van der Waals surface area contributed by atoms with Crippen LogP contribution >= 0.6 is 0 Å². The molecule has 4 fully saturated rings. The highest BCUT2D eigenvalue weighted by Crippen LogP contribution is 2.75. The molecule has 2 aromatic rings. The van der Waals surface area contributed by atoms with Gasteiger partial charge in [0.25, 0.3) is 0 Å². The number of benzene rings is 1. The minimum absolute atomic E-state index is 0.200. The average Bonchev–Trinajstić information content (AvgIpc) is 3.60. The van der Waals surface area contributed by atoms with Crippen molar-refractivity contribution in [3.05, 3.63) is 47.8 Å². The van der Waals surface area contributed by atoms with Crippen LogP contribution in [0.3, 0.4) is 0 Å². The van der Waals surface area contributed by atoms with Gasteiger partial charge in [0, 0.05) is 27.5 Å². The second-order valence-corrected chi connectivity index (χ2v) is 21.5. The third kappa shape index (κ3) is 5.80. The van der Waals surface area contributed by atoms with Crippen LogP contribution in [0.4, 0.5) is 0 Å². The minimum Gasteiger partial charge on any atom is -0.481 e. The number of rotatable bonds is 9. The molecule has 4 aliphatic carbocycles. The summed E-state index contributed by atoms with van der Waals surface area (Å²) in [5.41, 5.74) is 13.0. The molecule has 1 aromatic heterocycles. The molecule has 2 heterocycles. The van der Waals surface area contributed by atoms with E-state index >= 15 is 0 Å². The Morgan fingerprint density at radius 2 is 1.77 bits per heavy atom. The van der Waals surface area contributed by atoms with Gasteiger partial charge in [-0.05, 0) is 103 Å². The fourth-order valence-electron chi connectivity index (χ4n) is 13.1. The molecule has 0 unspecified atom stereocenters. The number of hydrogen-bond acceptors (Lipinski definition) is 7. The predicted molar refractivity (Wildman–Crippen MR) is 218 cm³/mol. The van der Waals surface area contributed by atoms with Crippen molar-refractivity contribution in [2.45, 2.75) is 132 Å². The lowest BCUT2D eigenvalue weighted by Gasteiger charge is -2.71. The molecule has 3 saturated carbocycles. The second kappa shape index (κ2) is 13.5. The van der Waals surface area contributed by atoms with Crippen LogP contribution < -0.4 is 11.5 Å². The van der Waals surface area contributed by atoms with Crippen LogP contribution in [0.5, 0.6) is 0 Å². The third-order valence-electron chi connectivity index (χ3n) is 17.7. The molecule has 56 heavy (non-hydrogen) atoms. The number of amides is 1. The van der Waals surface area contributed by atoms with Crippen LogP contribution in [0.25, 0.3) is 11.4 Å². The van der Waals surface area contributed by atoms with E-state index in [1.54, 1.807) is 18.5 Å². The molecule has 0 spiro atoms. The summed E-state index contributed by atoms with van der Waals surface area (Å²) in [6.07, 6.45) is 9.20. The summed E-state index contributed by atoms with van der Waals surface area (Å²) in [6.45, 7) is 26.2. The number of ether oxygens (including phenoxy) is 2. The molecule has 5 N–H and O–H groups in total. The highest BCUT2D eigenvalue weighted by atomic mass is 16.5. The maximum Gasteiger partial charge on any atom is 0.307 e. The van der Waals surface area contributed by atoms with Crippen LogP contribution in [0.2, 0.25) is 0 Å². The van der Waals surface area contributed by atoms with Crippen molar-refractivity contribution < 1.29 is 24.2 Å². The number of carboxylic acids is 1. The van der Waals surface area contributed by atoms with Crippen molar-refractivity contribution >= 4 is 11.9 Å². The molecule has 1 amide bonds. The van der Waals surface area contributed by atoms with Gasteiger partial charge in [0.2, 0.25) is 5.91 Å². The third-order valence-corrected chi connectivity index (χ3v) is 17.7. The van der Waals surface area contributed by atoms with E-state index in [2.05, 4.69) is 82.2 Å². The van der Waals surface area contributed by atoms with Crippen LogP contribution in [0, 0.1) is 62.1 Å². The van der Waals surface area contributed by atoms with Gasteiger partial charge in [-0.3, -0.25) is 9.59 Å². The largest absolute Gasteiger partial charge is 0.481 e. The summed E-state index contributed by atoms with van der Waals surface area (Å²) < 4.78 is 16.0. The number of aromatic nitrogens is 3. The summed E-state index contributed by atoms with van der Waals surface area (Å²) in [4.78, 5) is 30.7. The molecular formula is C46H69N5O5. The van der Waals surface area contributed by atoms with Gasteiger partial charge < -0.3 is 26.0 Å². The fourth-order valence-corrected chi connectivity index (χ4v) is 13.1. The van der Waals surface area contributed by atoms with Gasteiger partial charge in [0.05, 0.1) is 37.9 Å². The number of carbonyl (C=O) groups is 2. The van der Waals surface area contributed by atoms with E-state index in [0.717, 1.165) is 44.1 Å². The quantitative estimate of drug-likeness (QED) is 0.215. The Morgan fingerprint density at radius 1 is 1.05 bits per heavy atom. The van der Waals surface area contributed by atoms with Crippen molar-refractivity contribution in [2.75, 3.05) is 19.8 Å². The predicted octanol–water partition coefficient (Wildman–Crippen LogP) is 8.32. The molecule has 10 nitrogen and oxygen atoms in total. The Labute approximate surface area is 334 Å². The molecule has 0 radical (unpaired) electrons. The number of aliphatic carboxylic acids is 1. The molecular weight excluding hydrogens is 703 g/mol.